The first-order chi connectivity index (χ1) is 9.96. The Hall–Kier alpha value is -0.430. The summed E-state index contributed by atoms with van der Waals surface area (Å²) in [5.74, 6) is 0. The second kappa shape index (κ2) is 6.77. The third-order valence-corrected chi connectivity index (χ3v) is 6.29. The van der Waals surface area contributed by atoms with Gasteiger partial charge in [0.2, 0.25) is 10.0 Å². The van der Waals surface area contributed by atoms with Crippen molar-refractivity contribution in [1.82, 2.24) is 4.31 Å². The molecule has 1 aliphatic heterocycles. The molecule has 1 aliphatic rings. The van der Waals surface area contributed by atoms with Crippen LogP contribution >= 0.6 is 15.9 Å². The summed E-state index contributed by atoms with van der Waals surface area (Å²) in [4.78, 5) is 0.327. The number of ether oxygens (including phenoxy) is 1. The molecule has 6 heteroatoms. The molecular formula is C15H22BrNO3S. The lowest BCUT2D eigenvalue weighted by atomic mass is 10.0. The third kappa shape index (κ3) is 3.33. The highest BCUT2D eigenvalue weighted by molar-refractivity contribution is 9.10. The lowest BCUT2D eigenvalue weighted by molar-refractivity contribution is -0.0629. The molecule has 0 aliphatic carbocycles. The SMILES string of the molecule is CCCC1(CCC)OCCN1S(=O)(=O)c1ccc(Br)cc1. The van der Waals surface area contributed by atoms with E-state index in [1.165, 1.54) is 0 Å². The van der Waals surface area contributed by atoms with E-state index < -0.39 is 15.7 Å². The lowest BCUT2D eigenvalue weighted by Crippen LogP contribution is -2.48. The number of sulfonamides is 1. The smallest absolute Gasteiger partial charge is 0.245 e. The van der Waals surface area contributed by atoms with Crippen LogP contribution in [0.2, 0.25) is 0 Å². The van der Waals surface area contributed by atoms with E-state index in [0.717, 1.165) is 30.2 Å². The van der Waals surface area contributed by atoms with Gasteiger partial charge in [0.05, 0.1) is 11.5 Å². The number of rotatable bonds is 6. The average Bonchev–Trinajstić information content (AvgIpc) is 2.84. The number of benzene rings is 1. The molecule has 0 unspecified atom stereocenters. The highest BCUT2D eigenvalue weighted by Gasteiger charge is 2.47. The normalized spacial score (nSPS) is 19.0. The molecule has 0 amide bonds. The van der Waals surface area contributed by atoms with Gasteiger partial charge in [0.25, 0.3) is 0 Å². The molecule has 0 spiro atoms. The molecule has 118 valence electrons. The summed E-state index contributed by atoms with van der Waals surface area (Å²) >= 11 is 3.33. The van der Waals surface area contributed by atoms with Crippen molar-refractivity contribution in [2.75, 3.05) is 13.2 Å². The second-order valence-electron chi connectivity index (χ2n) is 5.33. The summed E-state index contributed by atoms with van der Waals surface area (Å²) in [5, 5.41) is 0. The van der Waals surface area contributed by atoms with Crippen LogP contribution in [0, 0.1) is 0 Å². The monoisotopic (exact) mass is 375 g/mol. The van der Waals surface area contributed by atoms with Crippen molar-refractivity contribution in [2.24, 2.45) is 0 Å². The van der Waals surface area contributed by atoms with Crippen molar-refractivity contribution >= 4 is 26.0 Å². The van der Waals surface area contributed by atoms with Crippen molar-refractivity contribution in [3.8, 4) is 0 Å². The summed E-state index contributed by atoms with van der Waals surface area (Å²) in [7, 11) is -3.52. The molecule has 0 bridgehead atoms. The lowest BCUT2D eigenvalue weighted by Gasteiger charge is -2.36. The van der Waals surface area contributed by atoms with Gasteiger partial charge >= 0.3 is 0 Å². The summed E-state index contributed by atoms with van der Waals surface area (Å²) in [6.45, 7) is 5.02. The fourth-order valence-corrected chi connectivity index (χ4v) is 4.95. The van der Waals surface area contributed by atoms with Gasteiger partial charge in [-0.3, -0.25) is 0 Å². The van der Waals surface area contributed by atoms with E-state index in [4.69, 9.17) is 4.74 Å². The summed E-state index contributed by atoms with van der Waals surface area (Å²) in [6, 6.07) is 6.79. The molecule has 0 saturated carbocycles. The maximum absolute atomic E-state index is 12.9. The van der Waals surface area contributed by atoms with Gasteiger partial charge in [0.1, 0.15) is 5.72 Å². The molecule has 0 atom stereocenters. The Labute approximate surface area is 135 Å². The zero-order chi connectivity index (χ0) is 15.5. The van der Waals surface area contributed by atoms with E-state index in [1.807, 2.05) is 0 Å². The highest BCUT2D eigenvalue weighted by atomic mass is 79.9. The van der Waals surface area contributed by atoms with Crippen molar-refractivity contribution in [3.63, 3.8) is 0 Å². The van der Waals surface area contributed by atoms with Crippen LogP contribution in [-0.4, -0.2) is 31.6 Å². The molecule has 2 rings (SSSR count). The first-order valence-electron chi connectivity index (χ1n) is 7.38. The van der Waals surface area contributed by atoms with Gasteiger partial charge in [-0.1, -0.05) is 42.6 Å². The zero-order valence-electron chi connectivity index (χ0n) is 12.5. The Morgan fingerprint density at radius 2 is 1.76 bits per heavy atom. The number of hydrogen-bond acceptors (Lipinski definition) is 3. The Kier molecular flexibility index (Phi) is 5.46. The van der Waals surface area contributed by atoms with E-state index in [0.29, 0.717) is 18.0 Å². The molecule has 4 nitrogen and oxygen atoms in total. The summed E-state index contributed by atoms with van der Waals surface area (Å²) in [6.07, 6.45) is 3.26. The second-order valence-corrected chi connectivity index (χ2v) is 8.10. The molecule has 0 radical (unpaired) electrons. The average molecular weight is 376 g/mol. The van der Waals surface area contributed by atoms with E-state index in [-0.39, 0.29) is 0 Å². The van der Waals surface area contributed by atoms with Crippen LogP contribution in [-0.2, 0) is 14.8 Å². The predicted molar refractivity (Wildman–Crippen MR) is 86.5 cm³/mol. The number of nitrogens with zero attached hydrogens (tertiary/aromatic N) is 1. The van der Waals surface area contributed by atoms with Crippen molar-refractivity contribution in [3.05, 3.63) is 28.7 Å². The van der Waals surface area contributed by atoms with Crippen molar-refractivity contribution in [1.29, 1.82) is 0 Å². The van der Waals surface area contributed by atoms with Gasteiger partial charge < -0.3 is 4.74 Å². The minimum atomic E-state index is -3.52. The maximum atomic E-state index is 12.9. The van der Waals surface area contributed by atoms with E-state index in [9.17, 15) is 8.42 Å². The fraction of sp³-hybridized carbons (Fsp3) is 0.600. The van der Waals surface area contributed by atoms with Gasteiger partial charge in [0.15, 0.2) is 0 Å². The molecule has 1 saturated heterocycles. The van der Waals surface area contributed by atoms with Gasteiger partial charge in [0, 0.05) is 11.0 Å². The zero-order valence-corrected chi connectivity index (χ0v) is 14.9. The first-order valence-corrected chi connectivity index (χ1v) is 9.62. The topological polar surface area (TPSA) is 46.6 Å². The highest BCUT2D eigenvalue weighted by Crippen LogP contribution is 2.37. The number of halogens is 1. The van der Waals surface area contributed by atoms with Crippen molar-refractivity contribution < 1.29 is 13.2 Å². The Morgan fingerprint density at radius 1 is 1.19 bits per heavy atom. The Bertz CT molecular complexity index is 565. The fourth-order valence-electron chi connectivity index (χ4n) is 2.97. The Balaban J connectivity index is 2.39. The van der Waals surface area contributed by atoms with Crippen LogP contribution in [0.3, 0.4) is 0 Å². The standard InChI is InChI=1S/C15H22BrNO3S/c1-3-9-15(10-4-2)17(11-12-20-15)21(18,19)14-7-5-13(16)6-8-14/h5-8H,3-4,9-12H2,1-2H3. The van der Waals surface area contributed by atoms with Gasteiger partial charge in [-0.25, -0.2) is 8.42 Å². The minimum Gasteiger partial charge on any atom is -0.358 e. The van der Waals surface area contributed by atoms with E-state index in [2.05, 4.69) is 29.8 Å². The molecule has 1 fully saturated rings. The van der Waals surface area contributed by atoms with Crippen LogP contribution < -0.4 is 0 Å². The Morgan fingerprint density at radius 3 is 2.29 bits per heavy atom. The largest absolute Gasteiger partial charge is 0.358 e. The van der Waals surface area contributed by atoms with Crippen molar-refractivity contribution in [2.45, 2.75) is 50.2 Å². The third-order valence-electron chi connectivity index (χ3n) is 3.80. The molecular weight excluding hydrogens is 354 g/mol. The van der Waals surface area contributed by atoms with E-state index in [1.54, 1.807) is 28.6 Å². The van der Waals surface area contributed by atoms with Crippen LogP contribution in [0.1, 0.15) is 39.5 Å². The molecule has 0 aromatic heterocycles. The van der Waals surface area contributed by atoms with Crippen LogP contribution in [0.15, 0.2) is 33.6 Å². The molecule has 0 N–H and O–H groups in total. The summed E-state index contributed by atoms with van der Waals surface area (Å²) < 4.78 is 34.2. The van der Waals surface area contributed by atoms with E-state index >= 15 is 0 Å². The van der Waals surface area contributed by atoms with Crippen LogP contribution in [0.4, 0.5) is 0 Å². The molecule has 1 aromatic carbocycles. The predicted octanol–water partition coefficient (Wildman–Crippen LogP) is 3.77. The van der Waals surface area contributed by atoms with Gasteiger partial charge in [-0.05, 0) is 37.1 Å². The summed E-state index contributed by atoms with van der Waals surface area (Å²) in [5.41, 5.74) is -0.671. The quantitative estimate of drug-likeness (QED) is 0.760. The molecule has 21 heavy (non-hydrogen) atoms. The van der Waals surface area contributed by atoms with Crippen LogP contribution in [0.25, 0.3) is 0 Å². The van der Waals surface area contributed by atoms with Crippen LogP contribution in [0.5, 0.6) is 0 Å². The van der Waals surface area contributed by atoms with Gasteiger partial charge in [-0.15, -0.1) is 0 Å². The molecule has 1 heterocycles. The maximum Gasteiger partial charge on any atom is 0.245 e. The molecule has 1 aromatic rings. The minimum absolute atomic E-state index is 0.327. The van der Waals surface area contributed by atoms with Gasteiger partial charge in [-0.2, -0.15) is 4.31 Å². The number of hydrogen-bond donors (Lipinski definition) is 0. The first kappa shape index (κ1) is 16.9.